The number of sulfonamides is 1. The summed E-state index contributed by atoms with van der Waals surface area (Å²) in [5.41, 5.74) is 3.43. The summed E-state index contributed by atoms with van der Waals surface area (Å²) >= 11 is 1.50. The van der Waals surface area contributed by atoms with Crippen LogP contribution in [-0.4, -0.2) is 50.2 Å². The summed E-state index contributed by atoms with van der Waals surface area (Å²) in [7, 11) is -3.81. The molecule has 27 heavy (non-hydrogen) atoms. The number of ether oxygens (including phenoxy) is 1. The van der Waals surface area contributed by atoms with E-state index in [2.05, 4.69) is 10.5 Å². The maximum Gasteiger partial charge on any atom is 0.295 e. The van der Waals surface area contributed by atoms with Gasteiger partial charge in [0.15, 0.2) is 0 Å². The van der Waals surface area contributed by atoms with Gasteiger partial charge in [-0.15, -0.1) is 11.3 Å². The molecule has 0 unspecified atom stereocenters. The number of aryl methyl sites for hydroxylation is 1. The molecule has 9 nitrogen and oxygen atoms in total. The number of rotatable bonds is 6. The van der Waals surface area contributed by atoms with Crippen molar-refractivity contribution in [3.05, 3.63) is 50.2 Å². The molecule has 0 atom stereocenters. The molecule has 0 amide bonds. The SMILES string of the molecule is Cc1ccsc1/C=N/Nc1ccc(S(=O)(=O)N2CCOCC2)cc1[N+](=O)[O-]. The minimum atomic E-state index is -3.81. The largest absolute Gasteiger partial charge is 0.379 e. The van der Waals surface area contributed by atoms with Crippen molar-refractivity contribution in [1.29, 1.82) is 0 Å². The van der Waals surface area contributed by atoms with Gasteiger partial charge in [-0.2, -0.15) is 9.41 Å². The average molecular weight is 410 g/mol. The Morgan fingerprint density at radius 2 is 2.07 bits per heavy atom. The van der Waals surface area contributed by atoms with Crippen LogP contribution in [0, 0.1) is 17.0 Å². The second-order valence-electron chi connectivity index (χ2n) is 5.79. The van der Waals surface area contributed by atoms with Crippen molar-refractivity contribution in [2.24, 2.45) is 5.10 Å². The van der Waals surface area contributed by atoms with Gasteiger partial charge < -0.3 is 4.74 Å². The van der Waals surface area contributed by atoms with Gasteiger partial charge in [0, 0.05) is 24.0 Å². The summed E-state index contributed by atoms with van der Waals surface area (Å²) in [6, 6.07) is 5.69. The molecule has 2 heterocycles. The Hall–Kier alpha value is -2.34. The lowest BCUT2D eigenvalue weighted by molar-refractivity contribution is -0.384. The van der Waals surface area contributed by atoms with Crippen LogP contribution in [0.1, 0.15) is 10.4 Å². The quantitative estimate of drug-likeness (QED) is 0.444. The fraction of sp³-hybridized carbons (Fsp3) is 0.312. The molecule has 1 fully saturated rings. The number of nitro benzene ring substituents is 1. The molecule has 1 aliphatic rings. The number of nitrogens with one attached hydrogen (secondary N) is 1. The zero-order valence-electron chi connectivity index (χ0n) is 14.5. The van der Waals surface area contributed by atoms with E-state index in [-0.39, 0.29) is 29.4 Å². The molecule has 1 aliphatic heterocycles. The standard InChI is InChI=1S/C16H18N4O5S2/c1-12-4-9-26-16(12)11-17-18-14-3-2-13(10-15(14)20(21)22)27(23,24)19-5-7-25-8-6-19/h2-4,9-11,18H,5-8H2,1H3/b17-11+. The van der Waals surface area contributed by atoms with E-state index in [0.29, 0.717) is 13.2 Å². The Bertz CT molecular complexity index is 965. The third-order valence-electron chi connectivity index (χ3n) is 4.04. The van der Waals surface area contributed by atoms with Crippen LogP contribution in [0.5, 0.6) is 0 Å². The number of thiophene rings is 1. The number of morpholine rings is 1. The Morgan fingerprint density at radius 3 is 2.70 bits per heavy atom. The molecule has 1 N–H and O–H groups in total. The van der Waals surface area contributed by atoms with Crippen molar-refractivity contribution in [2.45, 2.75) is 11.8 Å². The number of benzene rings is 1. The monoisotopic (exact) mass is 410 g/mol. The van der Waals surface area contributed by atoms with Gasteiger partial charge in [0.2, 0.25) is 10.0 Å². The second-order valence-corrected chi connectivity index (χ2v) is 8.68. The topological polar surface area (TPSA) is 114 Å². The number of nitro groups is 1. The van der Waals surface area contributed by atoms with E-state index < -0.39 is 14.9 Å². The van der Waals surface area contributed by atoms with Gasteiger partial charge in [0.25, 0.3) is 5.69 Å². The van der Waals surface area contributed by atoms with E-state index in [4.69, 9.17) is 4.74 Å². The zero-order valence-corrected chi connectivity index (χ0v) is 16.1. The molecule has 0 radical (unpaired) electrons. The van der Waals surface area contributed by atoms with Crippen LogP contribution < -0.4 is 5.43 Å². The summed E-state index contributed by atoms with van der Waals surface area (Å²) in [6.07, 6.45) is 1.57. The normalized spacial score (nSPS) is 15.9. The third-order valence-corrected chi connectivity index (χ3v) is 6.89. The number of hydrogen-bond acceptors (Lipinski definition) is 8. The van der Waals surface area contributed by atoms with Crippen LogP contribution in [0.4, 0.5) is 11.4 Å². The van der Waals surface area contributed by atoms with Crippen molar-refractivity contribution in [2.75, 3.05) is 31.7 Å². The molecule has 1 saturated heterocycles. The molecule has 0 bridgehead atoms. The molecule has 2 aromatic rings. The van der Waals surface area contributed by atoms with E-state index >= 15 is 0 Å². The van der Waals surface area contributed by atoms with Crippen LogP contribution in [0.3, 0.4) is 0 Å². The molecule has 1 aromatic carbocycles. The van der Waals surface area contributed by atoms with Crippen LogP contribution in [0.2, 0.25) is 0 Å². The van der Waals surface area contributed by atoms with Gasteiger partial charge in [0.05, 0.1) is 29.2 Å². The van der Waals surface area contributed by atoms with Gasteiger partial charge in [-0.25, -0.2) is 8.42 Å². The van der Waals surface area contributed by atoms with Crippen LogP contribution in [0.25, 0.3) is 0 Å². The van der Waals surface area contributed by atoms with Gasteiger partial charge in [-0.05, 0) is 36.1 Å². The van der Waals surface area contributed by atoms with E-state index in [9.17, 15) is 18.5 Å². The molecule has 144 valence electrons. The lowest BCUT2D eigenvalue weighted by atomic mass is 10.3. The summed E-state index contributed by atoms with van der Waals surface area (Å²) in [5, 5.41) is 17.4. The van der Waals surface area contributed by atoms with Gasteiger partial charge in [-0.3, -0.25) is 15.5 Å². The van der Waals surface area contributed by atoms with E-state index in [1.165, 1.54) is 27.8 Å². The van der Waals surface area contributed by atoms with E-state index in [1.807, 2.05) is 18.4 Å². The number of hydrazone groups is 1. The Kier molecular flexibility index (Phi) is 5.85. The first-order valence-electron chi connectivity index (χ1n) is 8.09. The van der Waals surface area contributed by atoms with Crippen molar-refractivity contribution in [3.63, 3.8) is 0 Å². The highest BCUT2D eigenvalue weighted by Crippen LogP contribution is 2.29. The predicted octanol–water partition coefficient (Wildman–Crippen LogP) is 2.43. The third kappa shape index (κ3) is 4.33. The van der Waals surface area contributed by atoms with Crippen LogP contribution >= 0.6 is 11.3 Å². The molecule has 0 saturated carbocycles. The first-order chi connectivity index (χ1) is 12.9. The highest BCUT2D eigenvalue weighted by Gasteiger charge is 2.28. The molecular formula is C16H18N4O5S2. The molecule has 0 spiro atoms. The Morgan fingerprint density at radius 1 is 1.33 bits per heavy atom. The number of nitrogens with zero attached hydrogens (tertiary/aromatic N) is 3. The summed E-state index contributed by atoms with van der Waals surface area (Å²) in [5.74, 6) is 0. The van der Waals surface area contributed by atoms with Crippen molar-refractivity contribution in [3.8, 4) is 0 Å². The zero-order chi connectivity index (χ0) is 19.4. The van der Waals surface area contributed by atoms with Gasteiger partial charge in [-0.1, -0.05) is 0 Å². The van der Waals surface area contributed by atoms with Crippen molar-refractivity contribution in [1.82, 2.24) is 4.31 Å². The minimum Gasteiger partial charge on any atom is -0.379 e. The van der Waals surface area contributed by atoms with Crippen LogP contribution in [-0.2, 0) is 14.8 Å². The number of anilines is 1. The maximum atomic E-state index is 12.7. The molecule has 1 aromatic heterocycles. The van der Waals surface area contributed by atoms with Gasteiger partial charge in [0.1, 0.15) is 5.69 Å². The molecule has 3 rings (SSSR count). The lowest BCUT2D eigenvalue weighted by Gasteiger charge is -2.26. The smallest absolute Gasteiger partial charge is 0.295 e. The fourth-order valence-electron chi connectivity index (χ4n) is 2.53. The molecule has 11 heteroatoms. The lowest BCUT2D eigenvalue weighted by Crippen LogP contribution is -2.40. The first-order valence-corrected chi connectivity index (χ1v) is 10.4. The van der Waals surface area contributed by atoms with Crippen molar-refractivity contribution < 1.29 is 18.1 Å². The average Bonchev–Trinajstić information content (AvgIpc) is 3.07. The fourth-order valence-corrected chi connectivity index (χ4v) is 4.75. The highest BCUT2D eigenvalue weighted by atomic mass is 32.2. The Labute approximate surface area is 160 Å². The first kappa shape index (κ1) is 19.4. The predicted molar refractivity (Wildman–Crippen MR) is 103 cm³/mol. The Balaban J connectivity index is 1.85. The van der Waals surface area contributed by atoms with Crippen molar-refractivity contribution >= 4 is 38.9 Å². The summed E-state index contributed by atoms with van der Waals surface area (Å²) < 4.78 is 31.8. The summed E-state index contributed by atoms with van der Waals surface area (Å²) in [4.78, 5) is 11.6. The highest BCUT2D eigenvalue weighted by molar-refractivity contribution is 7.89. The van der Waals surface area contributed by atoms with E-state index in [1.54, 1.807) is 6.21 Å². The maximum absolute atomic E-state index is 12.7. The van der Waals surface area contributed by atoms with Gasteiger partial charge >= 0.3 is 0 Å². The number of hydrogen-bond donors (Lipinski definition) is 1. The minimum absolute atomic E-state index is 0.117. The second kappa shape index (κ2) is 8.13. The molecular weight excluding hydrogens is 392 g/mol. The molecule has 0 aliphatic carbocycles. The summed E-state index contributed by atoms with van der Waals surface area (Å²) in [6.45, 7) is 2.99. The van der Waals surface area contributed by atoms with Crippen LogP contribution in [0.15, 0.2) is 39.6 Å². The van der Waals surface area contributed by atoms with E-state index in [0.717, 1.165) is 16.5 Å².